The van der Waals surface area contributed by atoms with Crippen LogP contribution in [0.15, 0.2) is 42.9 Å². The fraction of sp³-hybridized carbons (Fsp3) is 0. The van der Waals surface area contributed by atoms with Gasteiger partial charge in [0.05, 0.1) is 11.1 Å². The predicted molar refractivity (Wildman–Crippen MR) is 82.2 cm³/mol. The second-order valence-corrected chi connectivity index (χ2v) is 5.22. The van der Waals surface area contributed by atoms with Gasteiger partial charge in [-0.2, -0.15) is 4.39 Å². The Morgan fingerprint density at radius 2 is 1.72 bits per heavy atom. The molecule has 0 spiro atoms. The Bertz CT molecular complexity index is 1070. The van der Waals surface area contributed by atoms with Crippen LogP contribution in [0.4, 0.5) is 17.6 Å². The minimum absolute atomic E-state index is 0.0477. The highest BCUT2D eigenvalue weighted by Gasteiger charge is 2.23. The van der Waals surface area contributed by atoms with Crippen molar-refractivity contribution >= 4 is 10.9 Å². The molecule has 0 aliphatic rings. The third kappa shape index (κ3) is 2.42. The van der Waals surface area contributed by atoms with Crippen LogP contribution in [0.3, 0.4) is 0 Å². The summed E-state index contributed by atoms with van der Waals surface area (Å²) >= 11 is 0. The van der Waals surface area contributed by atoms with Gasteiger partial charge in [0, 0.05) is 24.0 Å². The van der Waals surface area contributed by atoms with Crippen LogP contribution in [-0.2, 0) is 0 Å². The van der Waals surface area contributed by atoms with Gasteiger partial charge in [0.25, 0.3) is 0 Å². The van der Waals surface area contributed by atoms with Gasteiger partial charge in [0.2, 0.25) is 11.6 Å². The van der Waals surface area contributed by atoms with Crippen LogP contribution in [-0.4, -0.2) is 15.0 Å². The van der Waals surface area contributed by atoms with Crippen LogP contribution >= 0.6 is 0 Å². The summed E-state index contributed by atoms with van der Waals surface area (Å²) in [5.74, 6) is -5.15. The van der Waals surface area contributed by atoms with E-state index in [4.69, 9.17) is 4.74 Å². The van der Waals surface area contributed by atoms with Gasteiger partial charge in [-0.1, -0.05) is 0 Å². The number of H-pyrrole nitrogens is 2. The molecule has 0 radical (unpaired) electrons. The maximum Gasteiger partial charge on any atom is 0.206 e. The van der Waals surface area contributed by atoms with Crippen molar-refractivity contribution in [3.8, 4) is 22.9 Å². The molecule has 0 aliphatic heterocycles. The van der Waals surface area contributed by atoms with Gasteiger partial charge in [-0.25, -0.2) is 18.2 Å². The average molecular weight is 347 g/mol. The lowest BCUT2D eigenvalue weighted by molar-refractivity contribution is 0.392. The van der Waals surface area contributed by atoms with Crippen molar-refractivity contribution in [3.63, 3.8) is 0 Å². The van der Waals surface area contributed by atoms with Gasteiger partial charge in [-0.15, -0.1) is 0 Å². The molecule has 2 N–H and O–H groups in total. The van der Waals surface area contributed by atoms with E-state index in [0.29, 0.717) is 0 Å². The van der Waals surface area contributed by atoms with Gasteiger partial charge >= 0.3 is 0 Å². The van der Waals surface area contributed by atoms with Crippen molar-refractivity contribution in [3.05, 3.63) is 66.1 Å². The SMILES string of the molecule is Fc1ccc(Oc2c(F)c(F)c3[nH]ccc3c2F)cc1-c1ncc[nH]1. The summed E-state index contributed by atoms with van der Waals surface area (Å²) in [6, 6.07) is 4.72. The Morgan fingerprint density at radius 1 is 0.880 bits per heavy atom. The zero-order valence-electron chi connectivity index (χ0n) is 12.4. The Kier molecular flexibility index (Phi) is 3.45. The van der Waals surface area contributed by atoms with Crippen molar-refractivity contribution in [2.45, 2.75) is 0 Å². The molecule has 4 nitrogen and oxygen atoms in total. The maximum atomic E-state index is 14.4. The molecule has 2 aromatic carbocycles. The smallest absolute Gasteiger partial charge is 0.206 e. The first-order valence-corrected chi connectivity index (χ1v) is 7.17. The van der Waals surface area contributed by atoms with Crippen LogP contribution < -0.4 is 4.74 Å². The number of hydrogen-bond donors (Lipinski definition) is 2. The number of aromatic nitrogens is 3. The first-order chi connectivity index (χ1) is 12.1. The molecular formula is C17H9F4N3O. The maximum absolute atomic E-state index is 14.4. The number of aromatic amines is 2. The first kappa shape index (κ1) is 15.3. The fourth-order valence-electron chi connectivity index (χ4n) is 2.53. The van der Waals surface area contributed by atoms with E-state index in [1.807, 2.05) is 0 Å². The molecule has 0 unspecified atom stereocenters. The number of nitrogens with zero attached hydrogens (tertiary/aromatic N) is 1. The van der Waals surface area contributed by atoms with Gasteiger partial charge in [-0.05, 0) is 24.3 Å². The molecule has 126 valence electrons. The van der Waals surface area contributed by atoms with E-state index in [9.17, 15) is 17.6 Å². The number of hydrogen-bond acceptors (Lipinski definition) is 2. The highest BCUT2D eigenvalue weighted by molar-refractivity contribution is 5.82. The summed E-state index contributed by atoms with van der Waals surface area (Å²) in [6.45, 7) is 0. The molecule has 4 rings (SSSR count). The van der Waals surface area contributed by atoms with Crippen molar-refractivity contribution in [2.24, 2.45) is 0 Å². The summed E-state index contributed by atoms with van der Waals surface area (Å²) in [6.07, 6.45) is 4.21. The fourth-order valence-corrected chi connectivity index (χ4v) is 2.53. The number of nitrogens with one attached hydrogen (secondary N) is 2. The van der Waals surface area contributed by atoms with Crippen molar-refractivity contribution in [1.82, 2.24) is 15.0 Å². The lowest BCUT2D eigenvalue weighted by Crippen LogP contribution is -1.98. The highest BCUT2D eigenvalue weighted by Crippen LogP contribution is 2.36. The number of ether oxygens (including phenoxy) is 1. The van der Waals surface area contributed by atoms with Crippen LogP contribution in [0.5, 0.6) is 11.5 Å². The zero-order chi connectivity index (χ0) is 17.6. The van der Waals surface area contributed by atoms with Crippen LogP contribution in [0.25, 0.3) is 22.3 Å². The summed E-state index contributed by atoms with van der Waals surface area (Å²) in [4.78, 5) is 9.06. The third-order valence-electron chi connectivity index (χ3n) is 3.71. The number of benzene rings is 2. The molecule has 0 aliphatic carbocycles. The minimum Gasteiger partial charge on any atom is -0.451 e. The zero-order valence-corrected chi connectivity index (χ0v) is 12.4. The van der Waals surface area contributed by atoms with Crippen molar-refractivity contribution in [1.29, 1.82) is 0 Å². The van der Waals surface area contributed by atoms with E-state index in [1.165, 1.54) is 36.8 Å². The van der Waals surface area contributed by atoms with Gasteiger partial charge < -0.3 is 14.7 Å². The Labute approximate surface area is 138 Å². The molecule has 2 heterocycles. The first-order valence-electron chi connectivity index (χ1n) is 7.17. The average Bonchev–Trinajstić information content (AvgIpc) is 3.29. The quantitative estimate of drug-likeness (QED) is 0.409. The minimum atomic E-state index is -1.48. The molecule has 8 heteroatoms. The Balaban J connectivity index is 1.81. The van der Waals surface area contributed by atoms with Gasteiger partial charge in [-0.3, -0.25) is 0 Å². The van der Waals surface area contributed by atoms with Crippen LogP contribution in [0.1, 0.15) is 0 Å². The summed E-state index contributed by atoms with van der Waals surface area (Å²) < 4.78 is 61.7. The number of halogens is 4. The van der Waals surface area contributed by atoms with Crippen LogP contribution in [0.2, 0.25) is 0 Å². The molecule has 4 aromatic rings. The van der Waals surface area contributed by atoms with E-state index in [1.54, 1.807) is 0 Å². The van der Waals surface area contributed by atoms with Crippen molar-refractivity contribution < 1.29 is 22.3 Å². The van der Waals surface area contributed by atoms with E-state index in [2.05, 4.69) is 15.0 Å². The molecule has 0 saturated carbocycles. The summed E-state index contributed by atoms with van der Waals surface area (Å²) in [5.41, 5.74) is -0.246. The van der Waals surface area contributed by atoms with Crippen molar-refractivity contribution in [2.75, 3.05) is 0 Å². The topological polar surface area (TPSA) is 53.7 Å². The van der Waals surface area contributed by atoms with Crippen LogP contribution in [0, 0.1) is 23.3 Å². The molecule has 2 aromatic heterocycles. The Hall–Kier alpha value is -3.29. The van der Waals surface area contributed by atoms with E-state index in [-0.39, 0.29) is 28.0 Å². The second-order valence-electron chi connectivity index (χ2n) is 5.22. The summed E-state index contributed by atoms with van der Waals surface area (Å²) in [5, 5.41) is -0.151. The third-order valence-corrected chi connectivity index (χ3v) is 3.71. The molecule has 0 bridgehead atoms. The van der Waals surface area contributed by atoms with E-state index >= 15 is 0 Å². The molecule has 0 fully saturated rings. The number of imidazole rings is 1. The van der Waals surface area contributed by atoms with E-state index in [0.717, 1.165) is 6.07 Å². The largest absolute Gasteiger partial charge is 0.451 e. The number of rotatable bonds is 3. The predicted octanol–water partition coefficient (Wildman–Crippen LogP) is 4.91. The highest BCUT2D eigenvalue weighted by atomic mass is 19.2. The van der Waals surface area contributed by atoms with Gasteiger partial charge in [0.1, 0.15) is 17.4 Å². The number of fused-ring (bicyclic) bond motifs is 1. The molecule has 0 amide bonds. The Morgan fingerprint density at radius 3 is 2.48 bits per heavy atom. The van der Waals surface area contributed by atoms with E-state index < -0.39 is 29.0 Å². The second kappa shape index (κ2) is 5.66. The molecule has 0 saturated heterocycles. The normalized spacial score (nSPS) is 11.2. The summed E-state index contributed by atoms with van der Waals surface area (Å²) in [7, 11) is 0. The standard InChI is InChI=1S/C17H9F4N3O/c18-11-2-1-8(7-10(11)17-23-5-6-24-17)25-16-12(19)9-3-4-22-15(9)13(20)14(16)21/h1-7,22H,(H,23,24). The molecule has 0 atom stereocenters. The lowest BCUT2D eigenvalue weighted by Gasteiger charge is -2.11. The lowest BCUT2D eigenvalue weighted by atomic mass is 10.2. The molecular weight excluding hydrogens is 338 g/mol. The van der Waals surface area contributed by atoms with Gasteiger partial charge in [0.15, 0.2) is 11.6 Å². The molecule has 25 heavy (non-hydrogen) atoms. The monoisotopic (exact) mass is 347 g/mol.